The fourth-order valence-electron chi connectivity index (χ4n) is 1.95. The maximum Gasteiger partial charge on any atom is 0.191 e. The Bertz CT molecular complexity index is 218. The Morgan fingerprint density at radius 3 is 2.86 bits per heavy atom. The molecule has 2 rings (SSSR count). The second-order valence-electron chi connectivity index (χ2n) is 4.28. The van der Waals surface area contributed by atoms with E-state index in [1.54, 1.807) is 0 Å². The average molecular weight is 197 g/mol. The lowest BCUT2D eigenvalue weighted by Gasteiger charge is -2.41. The SMILES string of the molecule is OCC1(NC2=NCCCCN2)CCC1. The van der Waals surface area contributed by atoms with Gasteiger partial charge in [-0.1, -0.05) is 0 Å². The number of nitrogens with one attached hydrogen (secondary N) is 2. The van der Waals surface area contributed by atoms with E-state index in [-0.39, 0.29) is 12.1 Å². The number of guanidine groups is 1. The van der Waals surface area contributed by atoms with Crippen molar-refractivity contribution in [3.05, 3.63) is 0 Å². The third-order valence-corrected chi connectivity index (χ3v) is 3.14. The molecular weight excluding hydrogens is 178 g/mol. The Kier molecular flexibility index (Phi) is 2.91. The van der Waals surface area contributed by atoms with Gasteiger partial charge in [0.15, 0.2) is 5.96 Å². The first-order chi connectivity index (χ1) is 6.85. The van der Waals surface area contributed by atoms with Gasteiger partial charge in [0, 0.05) is 13.1 Å². The molecular formula is C10H19N3O. The maximum atomic E-state index is 9.29. The van der Waals surface area contributed by atoms with Crippen LogP contribution in [0.25, 0.3) is 0 Å². The largest absolute Gasteiger partial charge is 0.394 e. The van der Waals surface area contributed by atoms with E-state index >= 15 is 0 Å². The van der Waals surface area contributed by atoms with E-state index in [0.717, 1.165) is 38.3 Å². The van der Waals surface area contributed by atoms with Crippen molar-refractivity contribution < 1.29 is 5.11 Å². The first-order valence-corrected chi connectivity index (χ1v) is 5.52. The molecule has 1 aliphatic heterocycles. The van der Waals surface area contributed by atoms with E-state index in [0.29, 0.717) is 0 Å². The molecule has 0 radical (unpaired) electrons. The number of nitrogens with zero attached hydrogens (tertiary/aromatic N) is 1. The normalized spacial score (nSPS) is 25.4. The summed E-state index contributed by atoms with van der Waals surface area (Å²) in [4.78, 5) is 4.42. The molecule has 0 atom stereocenters. The Balaban J connectivity index is 1.91. The fourth-order valence-corrected chi connectivity index (χ4v) is 1.95. The van der Waals surface area contributed by atoms with Crippen molar-refractivity contribution in [2.24, 2.45) is 4.99 Å². The van der Waals surface area contributed by atoms with Gasteiger partial charge in [0.25, 0.3) is 0 Å². The van der Waals surface area contributed by atoms with Gasteiger partial charge >= 0.3 is 0 Å². The predicted molar refractivity (Wildman–Crippen MR) is 56.3 cm³/mol. The molecule has 4 nitrogen and oxygen atoms in total. The van der Waals surface area contributed by atoms with Crippen LogP contribution in [0, 0.1) is 0 Å². The first-order valence-electron chi connectivity index (χ1n) is 5.52. The topological polar surface area (TPSA) is 56.6 Å². The Morgan fingerprint density at radius 1 is 1.36 bits per heavy atom. The lowest BCUT2D eigenvalue weighted by atomic mass is 9.77. The molecule has 3 N–H and O–H groups in total. The minimum absolute atomic E-state index is 0.0732. The highest BCUT2D eigenvalue weighted by Crippen LogP contribution is 2.30. The van der Waals surface area contributed by atoms with Crippen LogP contribution in [0.3, 0.4) is 0 Å². The highest BCUT2D eigenvalue weighted by atomic mass is 16.3. The maximum absolute atomic E-state index is 9.29. The van der Waals surface area contributed by atoms with E-state index in [4.69, 9.17) is 0 Å². The van der Waals surface area contributed by atoms with Crippen molar-refractivity contribution in [1.29, 1.82) is 0 Å². The predicted octanol–water partition coefficient (Wildman–Crippen LogP) is 0.230. The van der Waals surface area contributed by atoms with Crippen molar-refractivity contribution in [3.63, 3.8) is 0 Å². The molecule has 0 unspecified atom stereocenters. The summed E-state index contributed by atoms with van der Waals surface area (Å²) in [6, 6.07) is 0. The van der Waals surface area contributed by atoms with Crippen LogP contribution in [0.5, 0.6) is 0 Å². The van der Waals surface area contributed by atoms with Crippen LogP contribution in [-0.2, 0) is 0 Å². The summed E-state index contributed by atoms with van der Waals surface area (Å²) in [6.07, 6.45) is 5.67. The summed E-state index contributed by atoms with van der Waals surface area (Å²) < 4.78 is 0. The van der Waals surface area contributed by atoms with Crippen LogP contribution >= 0.6 is 0 Å². The highest BCUT2D eigenvalue weighted by molar-refractivity contribution is 5.80. The van der Waals surface area contributed by atoms with Crippen molar-refractivity contribution in [2.45, 2.75) is 37.6 Å². The van der Waals surface area contributed by atoms with Crippen molar-refractivity contribution in [3.8, 4) is 0 Å². The van der Waals surface area contributed by atoms with Gasteiger partial charge in [-0.25, -0.2) is 0 Å². The lowest BCUT2D eigenvalue weighted by molar-refractivity contribution is 0.106. The quantitative estimate of drug-likeness (QED) is 0.594. The van der Waals surface area contributed by atoms with Crippen LogP contribution in [0.15, 0.2) is 4.99 Å². The molecule has 80 valence electrons. The molecule has 0 bridgehead atoms. The summed E-state index contributed by atoms with van der Waals surface area (Å²) in [5.41, 5.74) is -0.0732. The molecule has 0 amide bonds. The minimum Gasteiger partial charge on any atom is -0.394 e. The molecule has 1 saturated carbocycles. The fraction of sp³-hybridized carbons (Fsp3) is 0.900. The molecule has 0 aromatic heterocycles. The third kappa shape index (κ3) is 2.00. The van der Waals surface area contributed by atoms with Gasteiger partial charge < -0.3 is 15.7 Å². The second-order valence-corrected chi connectivity index (χ2v) is 4.28. The van der Waals surface area contributed by atoms with Crippen LogP contribution in [0.4, 0.5) is 0 Å². The number of hydrogen-bond donors (Lipinski definition) is 3. The zero-order valence-corrected chi connectivity index (χ0v) is 8.55. The molecule has 2 aliphatic rings. The summed E-state index contributed by atoms with van der Waals surface area (Å²) in [6.45, 7) is 2.11. The molecule has 0 aromatic carbocycles. The van der Waals surface area contributed by atoms with Crippen molar-refractivity contribution >= 4 is 5.96 Å². The van der Waals surface area contributed by atoms with Gasteiger partial charge in [-0.2, -0.15) is 0 Å². The van der Waals surface area contributed by atoms with Gasteiger partial charge in [-0.15, -0.1) is 0 Å². The summed E-state index contributed by atoms with van der Waals surface area (Å²) in [5, 5.41) is 15.9. The number of rotatable bonds is 2. The van der Waals surface area contributed by atoms with Crippen molar-refractivity contribution in [2.75, 3.05) is 19.7 Å². The van der Waals surface area contributed by atoms with Crippen molar-refractivity contribution in [1.82, 2.24) is 10.6 Å². The zero-order valence-electron chi connectivity index (χ0n) is 8.55. The molecule has 4 heteroatoms. The minimum atomic E-state index is -0.0732. The Hall–Kier alpha value is -0.770. The van der Waals surface area contributed by atoms with E-state index < -0.39 is 0 Å². The first kappa shape index (κ1) is 9.77. The van der Waals surface area contributed by atoms with Crippen LogP contribution in [0.2, 0.25) is 0 Å². The number of aliphatic imine (C=N–C) groups is 1. The van der Waals surface area contributed by atoms with E-state index in [2.05, 4.69) is 15.6 Å². The number of aliphatic hydroxyl groups is 1. The summed E-state index contributed by atoms with van der Waals surface area (Å²) in [7, 11) is 0. The molecule has 0 saturated heterocycles. The monoisotopic (exact) mass is 197 g/mol. The lowest BCUT2D eigenvalue weighted by Crippen LogP contribution is -2.59. The summed E-state index contributed by atoms with van der Waals surface area (Å²) in [5.74, 6) is 0.885. The molecule has 0 spiro atoms. The van der Waals surface area contributed by atoms with Gasteiger partial charge in [-0.05, 0) is 32.1 Å². The number of aliphatic hydroxyl groups excluding tert-OH is 1. The Labute approximate surface area is 84.8 Å². The average Bonchev–Trinajstić information content (AvgIpc) is 2.39. The number of hydrogen-bond acceptors (Lipinski definition) is 4. The van der Waals surface area contributed by atoms with Crippen LogP contribution in [-0.4, -0.2) is 36.3 Å². The highest BCUT2D eigenvalue weighted by Gasteiger charge is 2.37. The van der Waals surface area contributed by atoms with E-state index in [1.165, 1.54) is 12.8 Å². The van der Waals surface area contributed by atoms with Crippen LogP contribution in [0.1, 0.15) is 32.1 Å². The molecule has 1 fully saturated rings. The van der Waals surface area contributed by atoms with Gasteiger partial charge in [-0.3, -0.25) is 4.99 Å². The summed E-state index contributed by atoms with van der Waals surface area (Å²) >= 11 is 0. The van der Waals surface area contributed by atoms with E-state index in [1.807, 2.05) is 0 Å². The van der Waals surface area contributed by atoms with E-state index in [9.17, 15) is 5.11 Å². The zero-order chi connectivity index (χ0) is 9.86. The second kappa shape index (κ2) is 4.17. The van der Waals surface area contributed by atoms with Gasteiger partial charge in [0.2, 0.25) is 0 Å². The third-order valence-electron chi connectivity index (χ3n) is 3.14. The molecule has 14 heavy (non-hydrogen) atoms. The Morgan fingerprint density at radius 2 is 2.21 bits per heavy atom. The molecule has 0 aromatic rings. The van der Waals surface area contributed by atoms with Gasteiger partial charge in [0.1, 0.15) is 0 Å². The molecule has 1 aliphatic carbocycles. The standard InChI is InChI=1S/C10H19N3O/c14-8-10(4-3-5-10)13-9-11-6-1-2-7-12-9/h14H,1-8H2,(H2,11,12,13). The molecule has 1 heterocycles. The van der Waals surface area contributed by atoms with Crippen LogP contribution < -0.4 is 10.6 Å². The van der Waals surface area contributed by atoms with Gasteiger partial charge in [0.05, 0.1) is 12.1 Å². The smallest absolute Gasteiger partial charge is 0.191 e.